The summed E-state index contributed by atoms with van der Waals surface area (Å²) in [5, 5.41) is 6.27. The zero-order valence-corrected chi connectivity index (χ0v) is 12.2. The number of carbonyl (C=O) groups is 1. The van der Waals surface area contributed by atoms with Crippen molar-refractivity contribution in [3.05, 3.63) is 23.8 Å². The molecule has 1 saturated heterocycles. The minimum atomic E-state index is -0.0148. The molecule has 0 aliphatic carbocycles. The molecule has 0 radical (unpaired) electrons. The molecule has 1 fully saturated rings. The van der Waals surface area contributed by atoms with Crippen LogP contribution in [0, 0.1) is 0 Å². The summed E-state index contributed by atoms with van der Waals surface area (Å²) in [5.74, 6) is 1.73. The molecular formula is C16H22N2O3. The van der Waals surface area contributed by atoms with E-state index < -0.39 is 0 Å². The van der Waals surface area contributed by atoms with Crippen molar-refractivity contribution in [2.24, 2.45) is 0 Å². The van der Waals surface area contributed by atoms with E-state index in [0.29, 0.717) is 19.8 Å². The number of rotatable bonds is 4. The van der Waals surface area contributed by atoms with Gasteiger partial charge in [-0.15, -0.1) is 0 Å². The molecule has 2 aliphatic rings. The van der Waals surface area contributed by atoms with Gasteiger partial charge in [0.15, 0.2) is 11.5 Å². The standard InChI is InChI=1S/C16H22N2O3/c19-16(13-3-1-2-7-17-13)18-8-6-12-4-5-14-15(11-12)21-10-9-20-14/h4-5,11,13,17H,1-3,6-10H2,(H,18,19)/t13-/m0/s1. The second-order valence-corrected chi connectivity index (χ2v) is 5.52. The Kier molecular flexibility index (Phi) is 4.60. The number of ether oxygens (including phenoxy) is 2. The van der Waals surface area contributed by atoms with Gasteiger partial charge in [0.2, 0.25) is 5.91 Å². The van der Waals surface area contributed by atoms with Crippen LogP contribution in [-0.4, -0.2) is 38.3 Å². The zero-order chi connectivity index (χ0) is 14.5. The summed E-state index contributed by atoms with van der Waals surface area (Å²) in [6, 6.07) is 5.95. The third-order valence-corrected chi connectivity index (χ3v) is 3.95. The second kappa shape index (κ2) is 6.80. The third-order valence-electron chi connectivity index (χ3n) is 3.95. The van der Waals surface area contributed by atoms with E-state index in [0.717, 1.165) is 42.9 Å². The molecule has 2 aliphatic heterocycles. The second-order valence-electron chi connectivity index (χ2n) is 5.52. The number of piperidine rings is 1. The molecule has 1 amide bonds. The average Bonchev–Trinajstić information content (AvgIpc) is 2.55. The van der Waals surface area contributed by atoms with E-state index in [1.165, 1.54) is 6.42 Å². The van der Waals surface area contributed by atoms with E-state index in [9.17, 15) is 4.79 Å². The number of hydrogen-bond donors (Lipinski definition) is 2. The van der Waals surface area contributed by atoms with Crippen molar-refractivity contribution in [1.82, 2.24) is 10.6 Å². The van der Waals surface area contributed by atoms with Crippen molar-refractivity contribution < 1.29 is 14.3 Å². The highest BCUT2D eigenvalue weighted by Crippen LogP contribution is 2.30. The van der Waals surface area contributed by atoms with Gasteiger partial charge in [0, 0.05) is 6.54 Å². The van der Waals surface area contributed by atoms with Crippen LogP contribution >= 0.6 is 0 Å². The fourth-order valence-electron chi connectivity index (χ4n) is 2.77. The summed E-state index contributed by atoms with van der Waals surface area (Å²) < 4.78 is 11.1. The van der Waals surface area contributed by atoms with Crippen LogP contribution in [0.1, 0.15) is 24.8 Å². The maximum absolute atomic E-state index is 12.0. The molecule has 0 bridgehead atoms. The monoisotopic (exact) mass is 290 g/mol. The van der Waals surface area contributed by atoms with Crippen LogP contribution in [0.3, 0.4) is 0 Å². The van der Waals surface area contributed by atoms with Crippen LogP contribution in [0.5, 0.6) is 11.5 Å². The topological polar surface area (TPSA) is 59.6 Å². The maximum Gasteiger partial charge on any atom is 0.237 e. The summed E-state index contributed by atoms with van der Waals surface area (Å²) in [7, 11) is 0. The van der Waals surface area contributed by atoms with Gasteiger partial charge in [0.05, 0.1) is 6.04 Å². The molecule has 2 heterocycles. The number of nitrogens with one attached hydrogen (secondary N) is 2. The molecule has 0 saturated carbocycles. The Balaban J connectivity index is 1.47. The number of amides is 1. The smallest absolute Gasteiger partial charge is 0.237 e. The van der Waals surface area contributed by atoms with Gasteiger partial charge in [-0.1, -0.05) is 12.5 Å². The molecule has 0 unspecified atom stereocenters. The Morgan fingerprint density at radius 3 is 2.90 bits per heavy atom. The first kappa shape index (κ1) is 14.2. The highest BCUT2D eigenvalue weighted by Gasteiger charge is 2.19. The fourth-order valence-corrected chi connectivity index (χ4v) is 2.77. The highest BCUT2D eigenvalue weighted by atomic mass is 16.6. The van der Waals surface area contributed by atoms with Crippen molar-refractivity contribution in [3.8, 4) is 11.5 Å². The fraction of sp³-hybridized carbons (Fsp3) is 0.562. The van der Waals surface area contributed by atoms with Gasteiger partial charge in [-0.05, 0) is 43.5 Å². The summed E-state index contributed by atoms with van der Waals surface area (Å²) in [6.45, 7) is 2.80. The Bertz CT molecular complexity index is 498. The van der Waals surface area contributed by atoms with Gasteiger partial charge >= 0.3 is 0 Å². The Morgan fingerprint density at radius 2 is 2.10 bits per heavy atom. The van der Waals surface area contributed by atoms with Gasteiger partial charge < -0.3 is 20.1 Å². The Morgan fingerprint density at radius 1 is 1.24 bits per heavy atom. The van der Waals surface area contributed by atoms with Crippen molar-refractivity contribution in [1.29, 1.82) is 0 Å². The molecule has 21 heavy (non-hydrogen) atoms. The SMILES string of the molecule is O=C(NCCc1ccc2c(c1)OCCO2)[C@@H]1CCCCN1. The molecule has 114 valence electrons. The quantitative estimate of drug-likeness (QED) is 0.876. The van der Waals surface area contributed by atoms with Gasteiger partial charge in [0.1, 0.15) is 13.2 Å². The normalized spacial score (nSPS) is 20.9. The molecule has 0 aromatic heterocycles. The molecule has 3 rings (SSSR count). The average molecular weight is 290 g/mol. The van der Waals surface area contributed by atoms with Crippen molar-refractivity contribution in [2.45, 2.75) is 31.7 Å². The van der Waals surface area contributed by atoms with Crippen LogP contribution in [0.25, 0.3) is 0 Å². The van der Waals surface area contributed by atoms with Gasteiger partial charge in [-0.2, -0.15) is 0 Å². The highest BCUT2D eigenvalue weighted by molar-refractivity contribution is 5.81. The number of benzene rings is 1. The predicted molar refractivity (Wildman–Crippen MR) is 79.8 cm³/mol. The van der Waals surface area contributed by atoms with Crippen LogP contribution < -0.4 is 20.1 Å². The van der Waals surface area contributed by atoms with Crippen LogP contribution in [0.15, 0.2) is 18.2 Å². The molecular weight excluding hydrogens is 268 g/mol. The molecule has 5 heteroatoms. The third kappa shape index (κ3) is 3.67. The minimum Gasteiger partial charge on any atom is -0.486 e. The zero-order valence-electron chi connectivity index (χ0n) is 12.2. The molecule has 0 spiro atoms. The van der Waals surface area contributed by atoms with E-state index in [2.05, 4.69) is 10.6 Å². The summed E-state index contributed by atoms with van der Waals surface area (Å²) in [5.41, 5.74) is 1.15. The number of carbonyl (C=O) groups excluding carboxylic acids is 1. The summed E-state index contributed by atoms with van der Waals surface area (Å²) >= 11 is 0. The van der Waals surface area contributed by atoms with E-state index in [1.54, 1.807) is 0 Å². The van der Waals surface area contributed by atoms with E-state index in [4.69, 9.17) is 9.47 Å². The minimum absolute atomic E-state index is 0.0148. The predicted octanol–water partition coefficient (Wildman–Crippen LogP) is 1.26. The molecule has 1 atom stereocenters. The number of fused-ring (bicyclic) bond motifs is 1. The first-order valence-corrected chi connectivity index (χ1v) is 7.72. The van der Waals surface area contributed by atoms with Crippen LogP contribution in [-0.2, 0) is 11.2 Å². The van der Waals surface area contributed by atoms with Gasteiger partial charge in [0.25, 0.3) is 0 Å². The van der Waals surface area contributed by atoms with E-state index >= 15 is 0 Å². The summed E-state index contributed by atoms with van der Waals surface area (Å²) in [4.78, 5) is 12.0. The van der Waals surface area contributed by atoms with E-state index in [1.807, 2.05) is 18.2 Å². The van der Waals surface area contributed by atoms with Crippen molar-refractivity contribution in [3.63, 3.8) is 0 Å². The maximum atomic E-state index is 12.0. The number of hydrogen-bond acceptors (Lipinski definition) is 4. The molecule has 1 aromatic carbocycles. The molecule has 2 N–H and O–H groups in total. The van der Waals surface area contributed by atoms with Crippen molar-refractivity contribution in [2.75, 3.05) is 26.3 Å². The first-order chi connectivity index (χ1) is 10.3. The lowest BCUT2D eigenvalue weighted by Gasteiger charge is -2.22. The Hall–Kier alpha value is -1.75. The molecule has 5 nitrogen and oxygen atoms in total. The van der Waals surface area contributed by atoms with Crippen LogP contribution in [0.2, 0.25) is 0 Å². The van der Waals surface area contributed by atoms with E-state index in [-0.39, 0.29) is 11.9 Å². The van der Waals surface area contributed by atoms with Gasteiger partial charge in [-0.25, -0.2) is 0 Å². The lowest BCUT2D eigenvalue weighted by molar-refractivity contribution is -0.123. The largest absolute Gasteiger partial charge is 0.486 e. The lowest BCUT2D eigenvalue weighted by atomic mass is 10.0. The first-order valence-electron chi connectivity index (χ1n) is 7.72. The lowest BCUT2D eigenvalue weighted by Crippen LogP contribution is -2.47. The molecule has 1 aromatic rings. The van der Waals surface area contributed by atoms with Gasteiger partial charge in [-0.3, -0.25) is 4.79 Å². The van der Waals surface area contributed by atoms with Crippen molar-refractivity contribution >= 4 is 5.91 Å². The van der Waals surface area contributed by atoms with Crippen LogP contribution in [0.4, 0.5) is 0 Å². The summed E-state index contributed by atoms with van der Waals surface area (Å²) in [6.07, 6.45) is 4.04. The Labute approximate surface area is 125 Å².